The quantitative estimate of drug-likeness (QED) is 0.856. The van der Waals surface area contributed by atoms with Gasteiger partial charge in [-0.2, -0.15) is 0 Å². The Bertz CT molecular complexity index is 730. The number of aryl methyl sites for hydroxylation is 2. The first-order valence-corrected chi connectivity index (χ1v) is 8.41. The van der Waals surface area contributed by atoms with Gasteiger partial charge >= 0.3 is 0 Å². The molecule has 3 rings (SSSR count). The highest BCUT2D eigenvalue weighted by molar-refractivity contribution is 5.94. The highest BCUT2D eigenvalue weighted by Crippen LogP contribution is 2.20. The maximum atomic E-state index is 12.6. The van der Waals surface area contributed by atoms with Gasteiger partial charge in [0.05, 0.1) is 24.3 Å². The third-order valence-electron chi connectivity index (χ3n) is 4.49. The van der Waals surface area contributed by atoms with Crippen LogP contribution in [0.15, 0.2) is 22.7 Å². The van der Waals surface area contributed by atoms with Gasteiger partial charge in [-0.25, -0.2) is 0 Å². The van der Waals surface area contributed by atoms with Crippen molar-refractivity contribution in [3.05, 3.63) is 41.4 Å². The lowest BCUT2D eigenvalue weighted by Crippen LogP contribution is -2.43. The van der Waals surface area contributed by atoms with Gasteiger partial charge in [-0.3, -0.25) is 14.7 Å². The monoisotopic (exact) mass is 345 g/mol. The van der Waals surface area contributed by atoms with Gasteiger partial charge in [0.2, 0.25) is 11.8 Å². The van der Waals surface area contributed by atoms with E-state index in [0.29, 0.717) is 43.5 Å². The zero-order valence-corrected chi connectivity index (χ0v) is 14.7. The highest BCUT2D eigenvalue weighted by atomic mass is 16.4. The molecule has 134 valence electrons. The van der Waals surface area contributed by atoms with E-state index in [0.717, 1.165) is 5.69 Å². The molecule has 0 radical (unpaired) electrons. The van der Waals surface area contributed by atoms with E-state index in [4.69, 9.17) is 4.42 Å². The number of β-amino-alcohol motifs (C(OH)–C–C–N with tert-alkyl or cyclic N) is 1. The molecule has 1 amide bonds. The van der Waals surface area contributed by atoms with E-state index in [1.54, 1.807) is 24.1 Å². The number of carbonyl (C=O) groups is 1. The first kappa shape index (κ1) is 17.5. The number of carbonyl (C=O) groups excluding carboxylic acids is 1. The molecule has 0 unspecified atom stereocenters. The summed E-state index contributed by atoms with van der Waals surface area (Å²) in [6.07, 6.45) is 0.960. The van der Waals surface area contributed by atoms with Gasteiger partial charge in [-0.15, -0.1) is 10.2 Å². The van der Waals surface area contributed by atoms with Crippen molar-refractivity contribution in [1.82, 2.24) is 25.0 Å². The number of nitrogens with zero attached hydrogens (tertiary/aromatic N) is 5. The molecule has 1 aliphatic heterocycles. The van der Waals surface area contributed by atoms with Crippen LogP contribution in [0.1, 0.15) is 34.8 Å². The van der Waals surface area contributed by atoms with Crippen LogP contribution in [0.3, 0.4) is 0 Å². The molecule has 0 spiro atoms. The molecule has 0 aromatic carbocycles. The van der Waals surface area contributed by atoms with Crippen LogP contribution in [0.2, 0.25) is 0 Å². The molecule has 0 aliphatic carbocycles. The third-order valence-corrected chi connectivity index (χ3v) is 4.49. The molecule has 1 aliphatic rings. The lowest BCUT2D eigenvalue weighted by atomic mass is 10.2. The molecule has 1 saturated heterocycles. The maximum Gasteiger partial charge on any atom is 0.255 e. The van der Waals surface area contributed by atoms with Gasteiger partial charge in [0.1, 0.15) is 0 Å². The Kier molecular flexibility index (Phi) is 5.10. The first-order valence-electron chi connectivity index (χ1n) is 8.41. The summed E-state index contributed by atoms with van der Waals surface area (Å²) >= 11 is 0. The summed E-state index contributed by atoms with van der Waals surface area (Å²) in [5.74, 6) is 0.916. The number of aliphatic hydroxyl groups excluding tert-OH is 1. The summed E-state index contributed by atoms with van der Waals surface area (Å²) in [4.78, 5) is 20.5. The summed E-state index contributed by atoms with van der Waals surface area (Å²) in [6, 6.07) is 3.41. The minimum atomic E-state index is -0.619. The Labute approximate surface area is 146 Å². The van der Waals surface area contributed by atoms with Crippen molar-refractivity contribution in [2.45, 2.75) is 39.5 Å². The van der Waals surface area contributed by atoms with E-state index in [1.165, 1.54) is 0 Å². The van der Waals surface area contributed by atoms with E-state index in [1.807, 2.05) is 19.9 Å². The number of likely N-dealkylation sites (N-methyl/N-ethyl adjacent to an activating group) is 1. The van der Waals surface area contributed by atoms with Crippen LogP contribution in [-0.4, -0.2) is 67.8 Å². The van der Waals surface area contributed by atoms with Crippen molar-refractivity contribution in [3.8, 4) is 0 Å². The topological polar surface area (TPSA) is 95.6 Å². The molecular weight excluding hydrogens is 322 g/mol. The summed E-state index contributed by atoms with van der Waals surface area (Å²) in [6.45, 7) is 7.54. The van der Waals surface area contributed by atoms with Crippen molar-refractivity contribution >= 4 is 5.91 Å². The number of amides is 1. The molecule has 8 heteroatoms. The minimum Gasteiger partial charge on any atom is -0.424 e. The third kappa shape index (κ3) is 3.85. The molecule has 2 aromatic rings. The zero-order chi connectivity index (χ0) is 18.0. The fraction of sp³-hybridized carbons (Fsp3) is 0.529. The van der Waals surface area contributed by atoms with Gasteiger partial charge in [0, 0.05) is 31.9 Å². The molecule has 25 heavy (non-hydrogen) atoms. The van der Waals surface area contributed by atoms with Crippen molar-refractivity contribution in [2.75, 3.05) is 19.6 Å². The van der Waals surface area contributed by atoms with Crippen molar-refractivity contribution in [1.29, 1.82) is 0 Å². The summed E-state index contributed by atoms with van der Waals surface area (Å²) in [5.41, 5.74) is 1.40. The van der Waals surface area contributed by atoms with Crippen molar-refractivity contribution in [2.24, 2.45) is 0 Å². The Morgan fingerprint density at radius 3 is 2.76 bits per heavy atom. The van der Waals surface area contributed by atoms with E-state index in [-0.39, 0.29) is 11.9 Å². The van der Waals surface area contributed by atoms with E-state index < -0.39 is 6.10 Å². The molecule has 2 atom stereocenters. The van der Waals surface area contributed by atoms with Crippen molar-refractivity contribution in [3.63, 3.8) is 0 Å². The fourth-order valence-corrected chi connectivity index (χ4v) is 3.11. The van der Waals surface area contributed by atoms with Crippen LogP contribution < -0.4 is 0 Å². The number of rotatable bonds is 5. The molecule has 1 N–H and O–H groups in total. The normalized spacial score (nSPS) is 20.4. The lowest BCUT2D eigenvalue weighted by molar-refractivity contribution is 0.0743. The van der Waals surface area contributed by atoms with Crippen LogP contribution in [0.5, 0.6) is 0 Å². The Morgan fingerprint density at radius 2 is 2.16 bits per heavy atom. The Morgan fingerprint density at radius 1 is 1.36 bits per heavy atom. The predicted octanol–water partition coefficient (Wildman–Crippen LogP) is 0.789. The molecule has 8 nitrogen and oxygen atoms in total. The SMILES string of the molecule is CCN(Cc1nnc(C)o1)[C@@H]1CN(C(=O)c2ccc(C)nc2)C[C@H]1O. The number of pyridine rings is 1. The maximum absolute atomic E-state index is 12.6. The number of aromatic nitrogens is 3. The Balaban J connectivity index is 1.69. The molecule has 3 heterocycles. The number of hydrogen-bond donors (Lipinski definition) is 1. The highest BCUT2D eigenvalue weighted by Gasteiger charge is 2.38. The second kappa shape index (κ2) is 7.28. The van der Waals surface area contributed by atoms with Gasteiger partial charge in [0.15, 0.2) is 0 Å². The molecular formula is C17H23N5O3. The summed E-state index contributed by atoms with van der Waals surface area (Å²) in [7, 11) is 0. The van der Waals surface area contributed by atoms with E-state index >= 15 is 0 Å². The largest absolute Gasteiger partial charge is 0.424 e. The molecule has 1 fully saturated rings. The van der Waals surface area contributed by atoms with E-state index in [9.17, 15) is 9.90 Å². The van der Waals surface area contributed by atoms with Crippen LogP contribution in [0.4, 0.5) is 0 Å². The van der Waals surface area contributed by atoms with Gasteiger partial charge < -0.3 is 14.4 Å². The second-order valence-electron chi connectivity index (χ2n) is 6.31. The number of hydrogen-bond acceptors (Lipinski definition) is 7. The average Bonchev–Trinajstić information content (AvgIpc) is 3.18. The average molecular weight is 345 g/mol. The minimum absolute atomic E-state index is 0.112. The van der Waals surface area contributed by atoms with Crippen LogP contribution in [0, 0.1) is 13.8 Å². The van der Waals surface area contributed by atoms with Gasteiger partial charge in [0.25, 0.3) is 5.91 Å². The first-order chi connectivity index (χ1) is 12.0. The number of aliphatic hydroxyl groups is 1. The standard InChI is InChI=1S/C17H23N5O3/c1-4-21(10-16-20-19-12(3)25-16)14-8-22(9-15(14)23)17(24)13-6-5-11(2)18-7-13/h5-7,14-15,23H,4,8-10H2,1-3H3/t14-,15-/m1/s1. The smallest absolute Gasteiger partial charge is 0.255 e. The fourth-order valence-electron chi connectivity index (χ4n) is 3.11. The van der Waals surface area contributed by atoms with Crippen LogP contribution >= 0.6 is 0 Å². The van der Waals surface area contributed by atoms with Gasteiger partial charge in [-0.1, -0.05) is 6.92 Å². The summed E-state index contributed by atoms with van der Waals surface area (Å²) < 4.78 is 5.43. The lowest BCUT2D eigenvalue weighted by Gasteiger charge is -2.27. The molecule has 0 saturated carbocycles. The van der Waals surface area contributed by atoms with Gasteiger partial charge in [-0.05, 0) is 25.6 Å². The van der Waals surface area contributed by atoms with E-state index in [2.05, 4.69) is 20.1 Å². The van der Waals surface area contributed by atoms with Crippen LogP contribution in [0.25, 0.3) is 0 Å². The van der Waals surface area contributed by atoms with Crippen LogP contribution in [-0.2, 0) is 6.54 Å². The molecule has 0 bridgehead atoms. The Hall–Kier alpha value is -2.32. The second-order valence-corrected chi connectivity index (χ2v) is 6.31. The zero-order valence-electron chi connectivity index (χ0n) is 14.7. The summed E-state index contributed by atoms with van der Waals surface area (Å²) in [5, 5.41) is 18.3. The van der Waals surface area contributed by atoms with Crippen molar-refractivity contribution < 1.29 is 14.3 Å². The number of likely N-dealkylation sites (tertiary alicyclic amines) is 1. The molecule has 2 aromatic heterocycles. The predicted molar refractivity (Wildman–Crippen MR) is 89.8 cm³/mol.